The van der Waals surface area contributed by atoms with E-state index in [0.29, 0.717) is 18.0 Å². The highest BCUT2D eigenvalue weighted by Gasteiger charge is 2.08. The molecule has 0 aliphatic carbocycles. The maximum Gasteiger partial charge on any atom is 0.161 e. The average molecular weight is 279 g/mol. The zero-order valence-corrected chi connectivity index (χ0v) is 11.0. The van der Waals surface area contributed by atoms with Crippen molar-refractivity contribution in [2.45, 2.75) is 13.2 Å². The van der Waals surface area contributed by atoms with Crippen LogP contribution in [-0.4, -0.2) is 7.11 Å². The number of benzene rings is 2. The van der Waals surface area contributed by atoms with Gasteiger partial charge in [0, 0.05) is 18.2 Å². The van der Waals surface area contributed by atoms with Gasteiger partial charge in [0.1, 0.15) is 18.2 Å². The third-order valence-corrected chi connectivity index (χ3v) is 2.86. The highest BCUT2D eigenvalue weighted by molar-refractivity contribution is 5.43. The summed E-state index contributed by atoms with van der Waals surface area (Å²) >= 11 is 0. The van der Waals surface area contributed by atoms with Gasteiger partial charge in [0.05, 0.1) is 7.11 Å². The summed E-state index contributed by atoms with van der Waals surface area (Å²) in [5, 5.41) is 0. The summed E-state index contributed by atoms with van der Waals surface area (Å²) in [6, 6.07) is 8.65. The minimum atomic E-state index is -0.637. The number of hydrogen-bond acceptors (Lipinski definition) is 3. The molecule has 0 amide bonds. The van der Waals surface area contributed by atoms with Crippen molar-refractivity contribution in [2.75, 3.05) is 7.11 Å². The summed E-state index contributed by atoms with van der Waals surface area (Å²) in [6.45, 7) is 0.383. The largest absolute Gasteiger partial charge is 0.493 e. The van der Waals surface area contributed by atoms with Gasteiger partial charge in [-0.3, -0.25) is 0 Å². The fourth-order valence-electron chi connectivity index (χ4n) is 1.75. The normalized spacial score (nSPS) is 10.4. The van der Waals surface area contributed by atoms with Gasteiger partial charge >= 0.3 is 0 Å². The number of nitrogens with two attached hydrogens (primary N) is 1. The Morgan fingerprint density at radius 1 is 1.05 bits per heavy atom. The maximum absolute atomic E-state index is 13.5. The number of methoxy groups -OCH3 is 1. The molecule has 3 nitrogen and oxygen atoms in total. The van der Waals surface area contributed by atoms with Crippen LogP contribution in [0.5, 0.6) is 11.5 Å². The van der Waals surface area contributed by atoms with E-state index in [9.17, 15) is 8.78 Å². The Hall–Kier alpha value is -2.14. The summed E-state index contributed by atoms with van der Waals surface area (Å²) in [5.74, 6) is -0.248. The lowest BCUT2D eigenvalue weighted by Gasteiger charge is -2.12. The predicted octanol–water partition coefficient (Wildman–Crippen LogP) is 3.01. The van der Waals surface area contributed by atoms with E-state index in [-0.39, 0.29) is 12.2 Å². The molecule has 106 valence electrons. The van der Waals surface area contributed by atoms with Crippen LogP contribution < -0.4 is 15.2 Å². The van der Waals surface area contributed by atoms with Crippen molar-refractivity contribution in [2.24, 2.45) is 5.73 Å². The van der Waals surface area contributed by atoms with Gasteiger partial charge in [-0.2, -0.15) is 0 Å². The molecule has 2 aromatic carbocycles. The second kappa shape index (κ2) is 6.34. The number of halogens is 2. The summed E-state index contributed by atoms with van der Waals surface area (Å²) in [4.78, 5) is 0. The molecule has 0 fully saturated rings. The first kappa shape index (κ1) is 14.3. The van der Waals surface area contributed by atoms with Gasteiger partial charge in [0.2, 0.25) is 0 Å². The molecule has 0 spiro atoms. The predicted molar refractivity (Wildman–Crippen MR) is 71.6 cm³/mol. The van der Waals surface area contributed by atoms with E-state index in [0.717, 1.165) is 11.6 Å². The van der Waals surface area contributed by atoms with Crippen LogP contribution in [0, 0.1) is 11.6 Å². The summed E-state index contributed by atoms with van der Waals surface area (Å²) in [5.41, 5.74) is 6.72. The zero-order chi connectivity index (χ0) is 14.5. The molecule has 20 heavy (non-hydrogen) atoms. The minimum absolute atomic E-state index is 0.00948. The molecule has 0 aliphatic heterocycles. The topological polar surface area (TPSA) is 44.5 Å². The molecule has 2 rings (SSSR count). The molecule has 5 heteroatoms. The van der Waals surface area contributed by atoms with Gasteiger partial charge < -0.3 is 15.2 Å². The van der Waals surface area contributed by atoms with Crippen LogP contribution in [0.15, 0.2) is 36.4 Å². The van der Waals surface area contributed by atoms with E-state index in [1.54, 1.807) is 18.2 Å². The van der Waals surface area contributed by atoms with Crippen molar-refractivity contribution >= 4 is 0 Å². The molecule has 0 saturated carbocycles. The molecule has 0 atom stereocenters. The van der Waals surface area contributed by atoms with Crippen molar-refractivity contribution in [1.29, 1.82) is 0 Å². The highest BCUT2D eigenvalue weighted by Crippen LogP contribution is 2.29. The standard InChI is InChI=1S/C15H15F2NO2/c1-19-15-6-10(8-18)2-5-14(15)20-9-11-3-4-12(16)7-13(11)17/h2-7H,8-9,18H2,1H3. The van der Waals surface area contributed by atoms with E-state index in [1.165, 1.54) is 19.2 Å². The molecule has 2 aromatic rings. The smallest absolute Gasteiger partial charge is 0.161 e. The van der Waals surface area contributed by atoms with Crippen molar-refractivity contribution in [3.63, 3.8) is 0 Å². The zero-order valence-electron chi connectivity index (χ0n) is 11.0. The van der Waals surface area contributed by atoms with Gasteiger partial charge in [-0.05, 0) is 29.8 Å². The first-order valence-electron chi connectivity index (χ1n) is 6.07. The molecule has 0 unspecified atom stereocenters. The quantitative estimate of drug-likeness (QED) is 0.915. The second-order valence-corrected chi connectivity index (χ2v) is 4.21. The SMILES string of the molecule is COc1cc(CN)ccc1OCc1ccc(F)cc1F. The molecular formula is C15H15F2NO2. The fraction of sp³-hybridized carbons (Fsp3) is 0.200. The van der Waals surface area contributed by atoms with Gasteiger partial charge in [-0.15, -0.1) is 0 Å². The molecule has 0 radical (unpaired) electrons. The highest BCUT2D eigenvalue weighted by atomic mass is 19.1. The Labute approximate surface area is 115 Å². The Morgan fingerprint density at radius 3 is 2.50 bits per heavy atom. The first-order chi connectivity index (χ1) is 9.63. The molecule has 0 saturated heterocycles. The van der Waals surface area contributed by atoms with E-state index in [2.05, 4.69) is 0 Å². The Morgan fingerprint density at radius 2 is 1.85 bits per heavy atom. The molecule has 2 N–H and O–H groups in total. The third-order valence-electron chi connectivity index (χ3n) is 2.86. The fourth-order valence-corrected chi connectivity index (χ4v) is 1.75. The molecule has 0 bridgehead atoms. The van der Waals surface area contributed by atoms with Crippen LogP contribution >= 0.6 is 0 Å². The maximum atomic E-state index is 13.5. The van der Waals surface area contributed by atoms with Crippen LogP contribution in [0.3, 0.4) is 0 Å². The summed E-state index contributed by atoms with van der Waals surface area (Å²) in [6.07, 6.45) is 0. The van der Waals surface area contributed by atoms with E-state index in [1.807, 2.05) is 0 Å². The Kier molecular flexibility index (Phi) is 4.53. The van der Waals surface area contributed by atoms with E-state index < -0.39 is 11.6 Å². The van der Waals surface area contributed by atoms with Gasteiger partial charge in [0.15, 0.2) is 11.5 Å². The molecular weight excluding hydrogens is 264 g/mol. The van der Waals surface area contributed by atoms with Crippen molar-refractivity contribution in [3.05, 3.63) is 59.2 Å². The van der Waals surface area contributed by atoms with Crippen LogP contribution in [0.4, 0.5) is 8.78 Å². The number of hydrogen-bond donors (Lipinski definition) is 1. The van der Waals surface area contributed by atoms with Gasteiger partial charge in [-0.1, -0.05) is 6.07 Å². The van der Waals surface area contributed by atoms with E-state index >= 15 is 0 Å². The van der Waals surface area contributed by atoms with Crippen molar-refractivity contribution < 1.29 is 18.3 Å². The van der Waals surface area contributed by atoms with Crippen molar-refractivity contribution in [3.8, 4) is 11.5 Å². The average Bonchev–Trinajstić information content (AvgIpc) is 2.46. The number of rotatable bonds is 5. The molecule has 0 heterocycles. The Balaban J connectivity index is 2.14. The Bertz CT molecular complexity index is 602. The summed E-state index contributed by atoms with van der Waals surface area (Å²) in [7, 11) is 1.51. The third kappa shape index (κ3) is 3.24. The second-order valence-electron chi connectivity index (χ2n) is 4.21. The number of ether oxygens (including phenoxy) is 2. The lowest BCUT2D eigenvalue weighted by atomic mass is 10.2. The van der Waals surface area contributed by atoms with Gasteiger partial charge in [0.25, 0.3) is 0 Å². The summed E-state index contributed by atoms with van der Waals surface area (Å²) < 4.78 is 37.0. The first-order valence-corrected chi connectivity index (χ1v) is 6.07. The molecule has 0 aliphatic rings. The van der Waals surface area contributed by atoms with Gasteiger partial charge in [-0.25, -0.2) is 8.78 Å². The minimum Gasteiger partial charge on any atom is -0.493 e. The van der Waals surface area contributed by atoms with Crippen molar-refractivity contribution in [1.82, 2.24) is 0 Å². The van der Waals surface area contributed by atoms with Crippen LogP contribution in [-0.2, 0) is 13.2 Å². The lowest BCUT2D eigenvalue weighted by molar-refractivity contribution is 0.279. The molecule has 0 aromatic heterocycles. The van der Waals surface area contributed by atoms with Crippen LogP contribution in [0.1, 0.15) is 11.1 Å². The van der Waals surface area contributed by atoms with E-state index in [4.69, 9.17) is 15.2 Å². The monoisotopic (exact) mass is 279 g/mol. The van der Waals surface area contributed by atoms with Crippen LogP contribution in [0.2, 0.25) is 0 Å². The van der Waals surface area contributed by atoms with Crippen LogP contribution in [0.25, 0.3) is 0 Å². The lowest BCUT2D eigenvalue weighted by Crippen LogP contribution is -2.02.